The van der Waals surface area contributed by atoms with Crippen LogP contribution < -0.4 is 0 Å². The molecule has 0 amide bonds. The van der Waals surface area contributed by atoms with E-state index in [1.54, 1.807) is 6.07 Å². The van der Waals surface area contributed by atoms with Crippen LogP contribution in [0.1, 0.15) is 22.8 Å². The smallest absolute Gasteiger partial charge is 0.123 e. The number of benzene rings is 2. The van der Waals surface area contributed by atoms with Crippen molar-refractivity contribution in [2.24, 2.45) is 0 Å². The van der Waals surface area contributed by atoms with E-state index in [1.807, 2.05) is 31.2 Å². The van der Waals surface area contributed by atoms with Crippen molar-refractivity contribution in [3.05, 3.63) is 69.4 Å². The summed E-state index contributed by atoms with van der Waals surface area (Å²) < 4.78 is 13.9. The van der Waals surface area contributed by atoms with Gasteiger partial charge in [-0.05, 0) is 47.9 Å². The average molecular weight is 309 g/mol. The van der Waals surface area contributed by atoms with Crippen LogP contribution in [0.3, 0.4) is 0 Å². The molecule has 1 nitrogen and oxygen atoms in total. The number of aryl methyl sites for hydroxylation is 1. The van der Waals surface area contributed by atoms with Gasteiger partial charge in [-0.2, -0.15) is 0 Å². The molecule has 18 heavy (non-hydrogen) atoms. The number of aliphatic hydroxyl groups excluding tert-OH is 1. The van der Waals surface area contributed by atoms with Gasteiger partial charge in [-0.25, -0.2) is 4.39 Å². The number of halogens is 2. The maximum absolute atomic E-state index is 13.0. The molecule has 0 aromatic heterocycles. The molecule has 1 unspecified atom stereocenters. The van der Waals surface area contributed by atoms with Crippen molar-refractivity contribution >= 4 is 15.9 Å². The fourth-order valence-corrected chi connectivity index (χ4v) is 2.35. The molecule has 0 heterocycles. The molecule has 0 aliphatic carbocycles. The Balaban J connectivity index is 2.18. The Labute approximate surface area is 114 Å². The van der Waals surface area contributed by atoms with Gasteiger partial charge in [0, 0.05) is 10.9 Å². The highest BCUT2D eigenvalue weighted by Gasteiger charge is 2.10. The molecule has 0 aliphatic rings. The summed E-state index contributed by atoms with van der Waals surface area (Å²) in [6, 6.07) is 12.2. The zero-order chi connectivity index (χ0) is 13.1. The largest absolute Gasteiger partial charge is 0.388 e. The van der Waals surface area contributed by atoms with Gasteiger partial charge in [0.2, 0.25) is 0 Å². The maximum atomic E-state index is 13.0. The summed E-state index contributed by atoms with van der Waals surface area (Å²) in [7, 11) is 0. The molecule has 0 spiro atoms. The molecule has 2 rings (SSSR count). The van der Waals surface area contributed by atoms with E-state index >= 15 is 0 Å². The average Bonchev–Trinajstić information content (AvgIpc) is 2.32. The Bertz CT molecular complexity index is 554. The van der Waals surface area contributed by atoms with Crippen LogP contribution in [0.15, 0.2) is 46.9 Å². The first-order valence-electron chi connectivity index (χ1n) is 5.75. The van der Waals surface area contributed by atoms with E-state index in [4.69, 9.17) is 0 Å². The second-order valence-corrected chi connectivity index (χ2v) is 5.26. The van der Waals surface area contributed by atoms with Crippen LogP contribution in [0.5, 0.6) is 0 Å². The summed E-state index contributed by atoms with van der Waals surface area (Å²) in [5.41, 5.74) is 2.68. The van der Waals surface area contributed by atoms with Gasteiger partial charge >= 0.3 is 0 Å². The molecule has 0 radical (unpaired) electrons. The highest BCUT2D eigenvalue weighted by molar-refractivity contribution is 9.10. The lowest BCUT2D eigenvalue weighted by Gasteiger charge is -2.13. The summed E-state index contributed by atoms with van der Waals surface area (Å²) in [6.07, 6.45) is -0.0885. The molecule has 1 N–H and O–H groups in total. The standard InChI is InChI=1S/C15H14BrFO/c1-10-7-14(17)6-5-11(10)9-15(18)12-3-2-4-13(16)8-12/h2-8,15,18H,9H2,1H3. The molecular formula is C15H14BrFO. The van der Waals surface area contributed by atoms with Gasteiger partial charge in [0.15, 0.2) is 0 Å². The third-order valence-corrected chi connectivity index (χ3v) is 3.44. The molecule has 2 aromatic carbocycles. The Hall–Kier alpha value is -1.19. The van der Waals surface area contributed by atoms with Gasteiger partial charge in [0.05, 0.1) is 6.10 Å². The highest BCUT2D eigenvalue weighted by atomic mass is 79.9. The minimum absolute atomic E-state index is 0.242. The molecule has 3 heteroatoms. The highest BCUT2D eigenvalue weighted by Crippen LogP contribution is 2.23. The van der Waals surface area contributed by atoms with E-state index in [-0.39, 0.29) is 5.82 Å². The van der Waals surface area contributed by atoms with E-state index in [2.05, 4.69) is 15.9 Å². The van der Waals surface area contributed by atoms with Crippen molar-refractivity contribution in [1.82, 2.24) is 0 Å². The quantitative estimate of drug-likeness (QED) is 0.902. The first-order valence-corrected chi connectivity index (χ1v) is 6.54. The van der Waals surface area contributed by atoms with E-state index in [0.29, 0.717) is 6.42 Å². The van der Waals surface area contributed by atoms with E-state index in [1.165, 1.54) is 12.1 Å². The fourth-order valence-electron chi connectivity index (χ4n) is 1.93. The summed E-state index contributed by atoms with van der Waals surface area (Å²) in [6.45, 7) is 1.85. The summed E-state index contributed by atoms with van der Waals surface area (Å²) in [5, 5.41) is 10.2. The normalized spacial score (nSPS) is 12.4. The molecule has 0 bridgehead atoms. The number of hydrogen-bond donors (Lipinski definition) is 1. The van der Waals surface area contributed by atoms with Gasteiger partial charge < -0.3 is 5.11 Å². The Morgan fingerprint density at radius 1 is 1.22 bits per heavy atom. The van der Waals surface area contributed by atoms with Gasteiger partial charge in [0.1, 0.15) is 5.82 Å². The van der Waals surface area contributed by atoms with Crippen LogP contribution in [0, 0.1) is 12.7 Å². The zero-order valence-electron chi connectivity index (χ0n) is 10.0. The number of rotatable bonds is 3. The third-order valence-electron chi connectivity index (χ3n) is 2.95. The van der Waals surface area contributed by atoms with Crippen LogP contribution in [0.4, 0.5) is 4.39 Å². The van der Waals surface area contributed by atoms with Crippen molar-refractivity contribution in [3.8, 4) is 0 Å². The van der Waals surface area contributed by atoms with Crippen LogP contribution >= 0.6 is 15.9 Å². The van der Waals surface area contributed by atoms with Gasteiger partial charge in [-0.1, -0.05) is 34.1 Å². The van der Waals surface area contributed by atoms with Crippen molar-refractivity contribution < 1.29 is 9.50 Å². The first kappa shape index (κ1) is 13.2. The second-order valence-electron chi connectivity index (χ2n) is 4.35. The number of hydrogen-bond acceptors (Lipinski definition) is 1. The molecule has 0 fully saturated rings. The van der Waals surface area contributed by atoms with Crippen LogP contribution in [-0.2, 0) is 6.42 Å². The van der Waals surface area contributed by atoms with Gasteiger partial charge in [-0.3, -0.25) is 0 Å². The molecular weight excluding hydrogens is 295 g/mol. The van der Waals surface area contributed by atoms with Crippen molar-refractivity contribution in [2.75, 3.05) is 0 Å². The lowest BCUT2D eigenvalue weighted by Crippen LogP contribution is -2.03. The van der Waals surface area contributed by atoms with Crippen molar-refractivity contribution in [2.45, 2.75) is 19.4 Å². The van der Waals surface area contributed by atoms with Crippen molar-refractivity contribution in [1.29, 1.82) is 0 Å². The molecule has 0 aliphatic heterocycles. The van der Waals surface area contributed by atoms with Crippen LogP contribution in [-0.4, -0.2) is 5.11 Å². The summed E-state index contributed by atoms with van der Waals surface area (Å²) >= 11 is 3.38. The third kappa shape index (κ3) is 3.18. The van der Waals surface area contributed by atoms with E-state index in [9.17, 15) is 9.50 Å². The Kier molecular flexibility index (Phi) is 4.15. The molecule has 0 saturated carbocycles. The SMILES string of the molecule is Cc1cc(F)ccc1CC(O)c1cccc(Br)c1. The lowest BCUT2D eigenvalue weighted by molar-refractivity contribution is 0.178. The first-order chi connectivity index (χ1) is 8.56. The summed E-state index contributed by atoms with van der Waals surface area (Å²) in [4.78, 5) is 0. The molecule has 2 aromatic rings. The fraction of sp³-hybridized carbons (Fsp3) is 0.200. The Morgan fingerprint density at radius 2 is 2.00 bits per heavy atom. The lowest BCUT2D eigenvalue weighted by atomic mass is 9.98. The van der Waals surface area contributed by atoms with E-state index in [0.717, 1.165) is 21.2 Å². The summed E-state index contributed by atoms with van der Waals surface area (Å²) in [5.74, 6) is -0.242. The zero-order valence-corrected chi connectivity index (χ0v) is 11.6. The predicted molar refractivity (Wildman–Crippen MR) is 73.9 cm³/mol. The minimum atomic E-state index is -0.577. The predicted octanol–water partition coefficient (Wildman–Crippen LogP) is 4.17. The topological polar surface area (TPSA) is 20.2 Å². The Morgan fingerprint density at radius 3 is 2.67 bits per heavy atom. The molecule has 0 saturated heterocycles. The molecule has 1 atom stereocenters. The molecule has 94 valence electrons. The van der Waals surface area contributed by atoms with Crippen LogP contribution in [0.2, 0.25) is 0 Å². The second kappa shape index (κ2) is 5.63. The van der Waals surface area contributed by atoms with Crippen LogP contribution in [0.25, 0.3) is 0 Å². The number of aliphatic hydroxyl groups is 1. The minimum Gasteiger partial charge on any atom is -0.388 e. The van der Waals surface area contributed by atoms with Gasteiger partial charge in [0.25, 0.3) is 0 Å². The monoisotopic (exact) mass is 308 g/mol. The van der Waals surface area contributed by atoms with Crippen molar-refractivity contribution in [3.63, 3.8) is 0 Å². The van der Waals surface area contributed by atoms with E-state index < -0.39 is 6.10 Å². The van der Waals surface area contributed by atoms with Gasteiger partial charge in [-0.15, -0.1) is 0 Å². The maximum Gasteiger partial charge on any atom is 0.123 e.